The van der Waals surface area contributed by atoms with Crippen LogP contribution in [-0.4, -0.2) is 32.9 Å². The van der Waals surface area contributed by atoms with E-state index in [4.69, 9.17) is 5.41 Å². The van der Waals surface area contributed by atoms with E-state index in [9.17, 15) is 15.0 Å². The summed E-state index contributed by atoms with van der Waals surface area (Å²) in [5.41, 5.74) is 3.94. The minimum atomic E-state index is -0.887. The Labute approximate surface area is 247 Å². The van der Waals surface area contributed by atoms with Gasteiger partial charge >= 0.3 is 0 Å². The molecule has 0 bridgehead atoms. The van der Waals surface area contributed by atoms with Crippen molar-refractivity contribution < 1.29 is 15.0 Å². The lowest BCUT2D eigenvalue weighted by Crippen LogP contribution is -2.27. The van der Waals surface area contributed by atoms with Crippen molar-refractivity contribution in [1.29, 1.82) is 5.41 Å². The predicted molar refractivity (Wildman–Crippen MR) is 176 cm³/mol. The zero-order valence-electron chi connectivity index (χ0n) is 27.9. The number of aliphatic hydroxyl groups is 2. The molecular formula is C36H61NO3. The maximum absolute atomic E-state index is 11.2. The Balaban J connectivity index is 0. The molecule has 1 aliphatic carbocycles. The van der Waals surface area contributed by atoms with Gasteiger partial charge in [0, 0.05) is 0 Å². The summed E-state index contributed by atoms with van der Waals surface area (Å²) in [6, 6.07) is 0. The molecule has 228 valence electrons. The summed E-state index contributed by atoms with van der Waals surface area (Å²) >= 11 is 0. The maximum Gasteiger partial charge on any atom is 0.155 e. The lowest BCUT2D eigenvalue weighted by Gasteiger charge is -2.29. The summed E-state index contributed by atoms with van der Waals surface area (Å²) in [5.74, 6) is 1.27. The minimum absolute atomic E-state index is 0.171. The molecule has 0 saturated heterocycles. The van der Waals surface area contributed by atoms with E-state index in [0.29, 0.717) is 11.6 Å². The van der Waals surface area contributed by atoms with Gasteiger partial charge in [0.15, 0.2) is 5.78 Å². The number of ketones is 1. The zero-order chi connectivity index (χ0) is 31.7. The van der Waals surface area contributed by atoms with E-state index in [1.807, 2.05) is 58.1 Å². The van der Waals surface area contributed by atoms with Gasteiger partial charge < -0.3 is 15.6 Å². The summed E-state index contributed by atoms with van der Waals surface area (Å²) < 4.78 is 0. The summed E-state index contributed by atoms with van der Waals surface area (Å²) in [6.45, 7) is 27.3. The molecule has 0 amide bonds. The Morgan fingerprint density at radius 2 is 1.65 bits per heavy atom. The van der Waals surface area contributed by atoms with Crippen LogP contribution in [0.5, 0.6) is 0 Å². The average Bonchev–Trinajstić information content (AvgIpc) is 2.83. The fourth-order valence-corrected chi connectivity index (χ4v) is 3.76. The molecule has 40 heavy (non-hydrogen) atoms. The van der Waals surface area contributed by atoms with Gasteiger partial charge in [0.05, 0.1) is 16.9 Å². The van der Waals surface area contributed by atoms with Gasteiger partial charge in [-0.25, -0.2) is 0 Å². The Hall–Kier alpha value is -2.30. The van der Waals surface area contributed by atoms with Gasteiger partial charge in [-0.3, -0.25) is 4.79 Å². The molecule has 0 heterocycles. The number of allylic oxidation sites excluding steroid dienone is 9. The van der Waals surface area contributed by atoms with Crippen LogP contribution >= 0.6 is 0 Å². The highest BCUT2D eigenvalue weighted by molar-refractivity contribution is 6.10. The minimum Gasteiger partial charge on any atom is -0.390 e. The van der Waals surface area contributed by atoms with E-state index in [0.717, 1.165) is 65.9 Å². The molecular weight excluding hydrogens is 494 g/mol. The van der Waals surface area contributed by atoms with Crippen molar-refractivity contribution in [2.75, 3.05) is 0 Å². The standard InChI is InChI=1S/C14H21NO.C13H20O.C9H20O/c1-6-10-7-11(9(2)3)12(8-13(10)15)14(4,5)16;1-5-6-9-13(12(4)14)10-7-8-11(2)3;1-5-8(2)6-7-9(3,4)10/h6-9,15-16H,1-5H3;7-8,10H,2,5-6,9H2,1,3-4H3;8,10H,5-7H2,1-4H3/b10-6-,15-13?;8-7-,13-10+;. The molecule has 0 aromatic carbocycles. The lowest BCUT2D eigenvalue weighted by atomic mass is 9.79. The zero-order valence-corrected chi connectivity index (χ0v) is 27.9. The van der Waals surface area contributed by atoms with Crippen molar-refractivity contribution in [2.45, 2.75) is 133 Å². The number of carbonyl (C=O) groups excluding carboxylic acids is 1. The van der Waals surface area contributed by atoms with Crippen LogP contribution in [0.2, 0.25) is 0 Å². The van der Waals surface area contributed by atoms with Crippen molar-refractivity contribution in [2.24, 2.45) is 11.8 Å². The molecule has 0 aromatic rings. The van der Waals surface area contributed by atoms with Crippen molar-refractivity contribution in [3.05, 3.63) is 70.9 Å². The second kappa shape index (κ2) is 19.7. The van der Waals surface area contributed by atoms with Crippen LogP contribution in [0.1, 0.15) is 122 Å². The smallest absolute Gasteiger partial charge is 0.155 e. The van der Waals surface area contributed by atoms with E-state index >= 15 is 0 Å². The first kappa shape index (κ1) is 39.8. The molecule has 4 heteroatoms. The second-order valence-corrected chi connectivity index (χ2v) is 12.5. The highest BCUT2D eigenvalue weighted by Gasteiger charge is 2.27. The number of carbonyl (C=O) groups is 1. The lowest BCUT2D eigenvalue weighted by molar-refractivity contribution is -0.113. The molecule has 0 radical (unpaired) electrons. The fraction of sp³-hybridized carbons (Fsp3) is 0.611. The van der Waals surface area contributed by atoms with E-state index in [1.165, 1.54) is 6.42 Å². The SMILES string of the molecule is C/C=C1/C=C(C(C)C)C(C(C)(C)O)=CC1=N.C=C(C)/C=C\C=C(/CCCC)C(C)=O.CCC(C)CCC(C)(C)O. The molecule has 1 rings (SSSR count). The van der Waals surface area contributed by atoms with Gasteiger partial charge in [-0.05, 0) is 120 Å². The van der Waals surface area contributed by atoms with E-state index in [1.54, 1.807) is 26.8 Å². The van der Waals surface area contributed by atoms with Crippen molar-refractivity contribution in [3.8, 4) is 0 Å². The Bertz CT molecular complexity index is 957. The molecule has 0 fully saturated rings. The molecule has 4 nitrogen and oxygen atoms in total. The van der Waals surface area contributed by atoms with Crippen LogP contribution in [0.25, 0.3) is 0 Å². The van der Waals surface area contributed by atoms with Crippen LogP contribution in [-0.2, 0) is 4.79 Å². The van der Waals surface area contributed by atoms with Crippen LogP contribution in [0, 0.1) is 17.2 Å². The summed E-state index contributed by atoms with van der Waals surface area (Å²) in [6.07, 6.45) is 17.8. The Kier molecular flexibility index (Phi) is 19.6. The molecule has 0 aromatic heterocycles. The Morgan fingerprint density at radius 1 is 1.07 bits per heavy atom. The molecule has 0 saturated carbocycles. The van der Waals surface area contributed by atoms with Crippen LogP contribution < -0.4 is 0 Å². The third-order valence-electron chi connectivity index (χ3n) is 6.69. The third-order valence-corrected chi connectivity index (χ3v) is 6.69. The van der Waals surface area contributed by atoms with Crippen LogP contribution in [0.4, 0.5) is 0 Å². The van der Waals surface area contributed by atoms with E-state index < -0.39 is 11.2 Å². The van der Waals surface area contributed by atoms with Gasteiger partial charge in [0.2, 0.25) is 0 Å². The normalized spacial score (nSPS) is 16.1. The highest BCUT2D eigenvalue weighted by Crippen LogP contribution is 2.33. The summed E-state index contributed by atoms with van der Waals surface area (Å²) in [4.78, 5) is 11.2. The number of Topliss-reactive ketones (excluding diaryl/α,β-unsaturated/α-hetero) is 1. The van der Waals surface area contributed by atoms with E-state index in [-0.39, 0.29) is 5.78 Å². The first-order chi connectivity index (χ1) is 18.3. The number of hydrogen-bond donors (Lipinski definition) is 3. The van der Waals surface area contributed by atoms with Crippen LogP contribution in [0.15, 0.2) is 70.9 Å². The topological polar surface area (TPSA) is 81.4 Å². The predicted octanol–water partition coefficient (Wildman–Crippen LogP) is 9.65. The molecule has 1 atom stereocenters. The van der Waals surface area contributed by atoms with Crippen molar-refractivity contribution in [3.63, 3.8) is 0 Å². The van der Waals surface area contributed by atoms with Gasteiger partial charge in [-0.15, -0.1) is 0 Å². The quantitative estimate of drug-likeness (QED) is 0.166. The number of rotatable bonds is 12. The first-order valence-corrected chi connectivity index (χ1v) is 15.0. The number of nitrogens with one attached hydrogen (secondary N) is 1. The third kappa shape index (κ3) is 18.9. The number of hydrogen-bond acceptors (Lipinski definition) is 4. The highest BCUT2D eigenvalue weighted by atomic mass is 16.3. The van der Waals surface area contributed by atoms with Crippen molar-refractivity contribution in [1.82, 2.24) is 0 Å². The first-order valence-electron chi connectivity index (χ1n) is 15.0. The number of unbranched alkanes of at least 4 members (excludes halogenated alkanes) is 1. The van der Waals surface area contributed by atoms with Gasteiger partial charge in [-0.1, -0.05) is 83.9 Å². The summed E-state index contributed by atoms with van der Waals surface area (Å²) in [5, 5.41) is 27.4. The molecule has 1 unspecified atom stereocenters. The molecule has 0 aliphatic heterocycles. The largest absolute Gasteiger partial charge is 0.390 e. The molecule has 3 N–H and O–H groups in total. The van der Waals surface area contributed by atoms with Gasteiger partial charge in [0.25, 0.3) is 0 Å². The average molecular weight is 556 g/mol. The maximum atomic E-state index is 11.2. The van der Waals surface area contributed by atoms with Gasteiger partial charge in [-0.2, -0.15) is 0 Å². The van der Waals surface area contributed by atoms with Crippen molar-refractivity contribution >= 4 is 11.5 Å². The van der Waals surface area contributed by atoms with Gasteiger partial charge in [0.1, 0.15) is 0 Å². The molecule has 0 spiro atoms. The van der Waals surface area contributed by atoms with Crippen LogP contribution in [0.3, 0.4) is 0 Å². The summed E-state index contributed by atoms with van der Waals surface area (Å²) in [7, 11) is 0. The van der Waals surface area contributed by atoms with E-state index in [2.05, 4.69) is 41.2 Å². The fourth-order valence-electron chi connectivity index (χ4n) is 3.76. The molecule has 1 aliphatic rings. The monoisotopic (exact) mass is 555 g/mol. The Morgan fingerprint density at radius 3 is 2.02 bits per heavy atom. The second-order valence-electron chi connectivity index (χ2n) is 12.5.